The van der Waals surface area contributed by atoms with E-state index >= 15 is 0 Å². The molecule has 2 aromatic rings. The largest absolute Gasteiger partial charge is 0.278 e. The Bertz CT molecular complexity index is 759. The van der Waals surface area contributed by atoms with E-state index in [1.807, 2.05) is 0 Å². The Balaban J connectivity index is 2.22. The van der Waals surface area contributed by atoms with Crippen LogP contribution < -0.4 is 5.43 Å². The maximum atomic E-state index is 12.0. The summed E-state index contributed by atoms with van der Waals surface area (Å²) in [5.41, 5.74) is 3.22. The van der Waals surface area contributed by atoms with E-state index in [1.165, 1.54) is 6.07 Å². The minimum Gasteiger partial charge on any atom is -0.267 e. The van der Waals surface area contributed by atoms with Crippen molar-refractivity contribution in [2.75, 3.05) is 0 Å². The molecule has 1 N–H and O–H groups in total. The van der Waals surface area contributed by atoms with Crippen LogP contribution in [0.1, 0.15) is 22.8 Å². The smallest absolute Gasteiger partial charge is 0.267 e. The van der Waals surface area contributed by atoms with Gasteiger partial charge in [-0.25, -0.2) is 5.43 Å². The molecular formula is C15H12ClN3O3. The van der Waals surface area contributed by atoms with Gasteiger partial charge in [0.2, 0.25) is 0 Å². The summed E-state index contributed by atoms with van der Waals surface area (Å²) >= 11 is 5.92. The number of nitrogens with zero attached hydrogens (tertiary/aromatic N) is 2. The van der Waals surface area contributed by atoms with Crippen LogP contribution in [-0.2, 0) is 0 Å². The number of rotatable bonds is 4. The minimum atomic E-state index is -0.496. The monoisotopic (exact) mass is 317 g/mol. The van der Waals surface area contributed by atoms with Gasteiger partial charge < -0.3 is 0 Å². The first-order valence-electron chi connectivity index (χ1n) is 6.33. The van der Waals surface area contributed by atoms with Crippen molar-refractivity contribution >= 4 is 28.9 Å². The molecular weight excluding hydrogens is 306 g/mol. The van der Waals surface area contributed by atoms with Crippen LogP contribution in [0.4, 0.5) is 5.69 Å². The summed E-state index contributed by atoms with van der Waals surface area (Å²) in [4.78, 5) is 22.5. The van der Waals surface area contributed by atoms with Gasteiger partial charge in [0.15, 0.2) is 0 Å². The van der Waals surface area contributed by atoms with E-state index in [4.69, 9.17) is 11.6 Å². The fraction of sp³-hybridized carbons (Fsp3) is 0.0667. The summed E-state index contributed by atoms with van der Waals surface area (Å²) in [5.74, 6) is -0.483. The van der Waals surface area contributed by atoms with Crippen molar-refractivity contribution < 1.29 is 9.72 Å². The summed E-state index contributed by atoms with van der Waals surface area (Å²) < 4.78 is 0. The number of carbonyl (C=O) groups is 1. The van der Waals surface area contributed by atoms with Crippen LogP contribution in [0.5, 0.6) is 0 Å². The standard InChI is InChI=1S/C15H12ClN3O3/c1-10(11-6-3-5-9-14(11)19(21)22)17-18-15(20)12-7-2-4-8-13(12)16/h2-9H,1H3,(H,18,20)/b17-10-. The van der Waals surface area contributed by atoms with E-state index in [-0.39, 0.29) is 11.3 Å². The molecule has 0 radical (unpaired) electrons. The Labute approximate surface area is 131 Å². The van der Waals surface area contributed by atoms with Crippen molar-refractivity contribution in [2.45, 2.75) is 6.92 Å². The van der Waals surface area contributed by atoms with Crippen molar-refractivity contribution in [3.63, 3.8) is 0 Å². The Hall–Kier alpha value is -2.73. The predicted molar refractivity (Wildman–Crippen MR) is 84.2 cm³/mol. The molecule has 0 aromatic heterocycles. The van der Waals surface area contributed by atoms with Crippen LogP contribution >= 0.6 is 11.6 Å². The molecule has 0 bridgehead atoms. The minimum absolute atomic E-state index is 0.0734. The van der Waals surface area contributed by atoms with Gasteiger partial charge in [-0.15, -0.1) is 0 Å². The predicted octanol–water partition coefficient (Wildman–Crippen LogP) is 3.40. The molecule has 0 unspecified atom stereocenters. The molecule has 0 fully saturated rings. The summed E-state index contributed by atoms with van der Waals surface area (Å²) in [6.07, 6.45) is 0. The lowest BCUT2D eigenvalue weighted by Crippen LogP contribution is -2.20. The second kappa shape index (κ2) is 6.82. The SMILES string of the molecule is C/C(=N/NC(=O)c1ccccc1Cl)c1ccccc1[N+](=O)[O-]. The number of amides is 1. The zero-order chi connectivity index (χ0) is 16.1. The number of hydrogen-bond acceptors (Lipinski definition) is 4. The third kappa shape index (κ3) is 3.48. The average Bonchev–Trinajstić information content (AvgIpc) is 2.52. The Morgan fingerprint density at radius 2 is 1.73 bits per heavy atom. The van der Waals surface area contributed by atoms with E-state index in [1.54, 1.807) is 49.4 Å². The van der Waals surface area contributed by atoms with Crippen molar-refractivity contribution in [2.24, 2.45) is 5.10 Å². The summed E-state index contributed by atoms with van der Waals surface area (Å²) in [7, 11) is 0. The average molecular weight is 318 g/mol. The normalized spacial score (nSPS) is 11.1. The van der Waals surface area contributed by atoms with E-state index in [0.717, 1.165) is 0 Å². The molecule has 0 heterocycles. The van der Waals surface area contributed by atoms with Crippen molar-refractivity contribution in [1.29, 1.82) is 0 Å². The van der Waals surface area contributed by atoms with Gasteiger partial charge in [-0.05, 0) is 25.1 Å². The van der Waals surface area contributed by atoms with Crippen LogP contribution in [-0.4, -0.2) is 16.5 Å². The number of nitro benzene ring substituents is 1. The summed E-state index contributed by atoms with van der Waals surface area (Å²) in [6, 6.07) is 12.7. The zero-order valence-electron chi connectivity index (χ0n) is 11.6. The molecule has 0 atom stereocenters. The molecule has 0 aliphatic carbocycles. The molecule has 1 amide bonds. The number of para-hydroxylation sites is 1. The number of hydrogen-bond donors (Lipinski definition) is 1. The highest BCUT2D eigenvalue weighted by molar-refractivity contribution is 6.33. The molecule has 0 spiro atoms. The first-order chi connectivity index (χ1) is 10.5. The van der Waals surface area contributed by atoms with Gasteiger partial charge >= 0.3 is 0 Å². The van der Waals surface area contributed by atoms with Gasteiger partial charge in [0.25, 0.3) is 11.6 Å². The van der Waals surface area contributed by atoms with Crippen LogP contribution in [0, 0.1) is 10.1 Å². The Morgan fingerprint density at radius 3 is 2.36 bits per heavy atom. The second-order valence-electron chi connectivity index (χ2n) is 4.39. The topological polar surface area (TPSA) is 84.6 Å². The van der Waals surface area contributed by atoms with Crippen molar-refractivity contribution in [3.8, 4) is 0 Å². The van der Waals surface area contributed by atoms with Crippen LogP contribution in [0.2, 0.25) is 5.02 Å². The molecule has 2 rings (SSSR count). The van der Waals surface area contributed by atoms with E-state index in [2.05, 4.69) is 10.5 Å². The highest BCUT2D eigenvalue weighted by Crippen LogP contribution is 2.18. The molecule has 112 valence electrons. The van der Waals surface area contributed by atoms with Gasteiger partial charge in [-0.1, -0.05) is 35.9 Å². The molecule has 2 aromatic carbocycles. The number of carbonyl (C=O) groups excluding carboxylic acids is 1. The fourth-order valence-corrected chi connectivity index (χ4v) is 2.06. The molecule has 7 heteroatoms. The third-order valence-corrected chi connectivity index (χ3v) is 3.26. The van der Waals surface area contributed by atoms with E-state index < -0.39 is 10.8 Å². The maximum Gasteiger partial charge on any atom is 0.278 e. The van der Waals surface area contributed by atoms with Gasteiger partial charge in [0.05, 0.1) is 26.8 Å². The first-order valence-corrected chi connectivity index (χ1v) is 6.71. The number of hydrazone groups is 1. The van der Waals surface area contributed by atoms with Gasteiger partial charge in [0.1, 0.15) is 0 Å². The van der Waals surface area contributed by atoms with Gasteiger partial charge in [-0.3, -0.25) is 14.9 Å². The molecule has 0 aliphatic rings. The van der Waals surface area contributed by atoms with Crippen LogP contribution in [0.3, 0.4) is 0 Å². The molecule has 0 aliphatic heterocycles. The fourth-order valence-electron chi connectivity index (χ4n) is 1.84. The molecule has 0 saturated carbocycles. The van der Waals surface area contributed by atoms with Gasteiger partial charge in [-0.2, -0.15) is 5.10 Å². The second-order valence-corrected chi connectivity index (χ2v) is 4.80. The molecule has 0 saturated heterocycles. The molecule has 22 heavy (non-hydrogen) atoms. The zero-order valence-corrected chi connectivity index (χ0v) is 12.4. The molecule has 6 nitrogen and oxygen atoms in total. The number of benzene rings is 2. The summed E-state index contributed by atoms with van der Waals surface area (Å²) in [5, 5.41) is 15.2. The lowest BCUT2D eigenvalue weighted by atomic mass is 10.1. The van der Waals surface area contributed by atoms with Crippen molar-refractivity contribution in [1.82, 2.24) is 5.43 Å². The number of nitro groups is 1. The third-order valence-electron chi connectivity index (χ3n) is 2.93. The Morgan fingerprint density at radius 1 is 1.14 bits per heavy atom. The maximum absolute atomic E-state index is 12.0. The van der Waals surface area contributed by atoms with E-state index in [9.17, 15) is 14.9 Å². The highest BCUT2D eigenvalue weighted by Gasteiger charge is 2.15. The van der Waals surface area contributed by atoms with Crippen LogP contribution in [0.15, 0.2) is 53.6 Å². The van der Waals surface area contributed by atoms with E-state index in [0.29, 0.717) is 16.3 Å². The lowest BCUT2D eigenvalue weighted by Gasteiger charge is -2.05. The highest BCUT2D eigenvalue weighted by atomic mass is 35.5. The lowest BCUT2D eigenvalue weighted by molar-refractivity contribution is -0.385. The summed E-state index contributed by atoms with van der Waals surface area (Å²) in [6.45, 7) is 1.58. The number of halogens is 1. The van der Waals surface area contributed by atoms with Gasteiger partial charge in [0, 0.05) is 6.07 Å². The van der Waals surface area contributed by atoms with Crippen LogP contribution in [0.25, 0.3) is 0 Å². The first kappa shape index (κ1) is 15.7. The van der Waals surface area contributed by atoms with Crippen molar-refractivity contribution in [3.05, 3.63) is 74.8 Å². The quantitative estimate of drug-likeness (QED) is 0.533. The number of nitrogens with one attached hydrogen (secondary N) is 1. The Kier molecular flexibility index (Phi) is 4.85.